The van der Waals surface area contributed by atoms with Crippen molar-refractivity contribution in [2.24, 2.45) is 0 Å². The summed E-state index contributed by atoms with van der Waals surface area (Å²) in [7, 11) is 0.618. The van der Waals surface area contributed by atoms with Crippen LogP contribution in [-0.2, 0) is 16.9 Å². The molecule has 0 radical (unpaired) electrons. The molecule has 13 nitrogen and oxygen atoms in total. The molecule has 4 rings (SSSR count). The monoisotopic (exact) mass is 776 g/mol. The second kappa shape index (κ2) is 19.5. The van der Waals surface area contributed by atoms with Gasteiger partial charge in [-0.3, -0.25) is 19.2 Å². The number of nitriles is 1. The quantitative estimate of drug-likeness (QED) is 0.116. The summed E-state index contributed by atoms with van der Waals surface area (Å²) in [5.41, 5.74) is 0.213. The number of hydrogen-bond acceptors (Lipinski definition) is 11. The van der Waals surface area contributed by atoms with Gasteiger partial charge in [0.15, 0.2) is 11.2 Å². The molecular formula is C31H54IN8O5P. The number of anilines is 1. The molecule has 3 atom stereocenters. The van der Waals surface area contributed by atoms with Crippen LogP contribution in [0.15, 0.2) is 11.1 Å². The number of fused-ring (bicyclic) bond motifs is 1. The van der Waals surface area contributed by atoms with Gasteiger partial charge >= 0.3 is 0 Å². The summed E-state index contributed by atoms with van der Waals surface area (Å²) in [6.45, 7) is 16.0. The van der Waals surface area contributed by atoms with E-state index in [0.717, 1.165) is 32.5 Å². The SMILES string of the molecule is CCCCNc1nc2c(ncn2C2CN(C3CCCCC3)CC(C)(COI)O2)c(=O)[nH]1.COP(OCCC#N)N(C(C)C)C(C)C. The van der Waals surface area contributed by atoms with Gasteiger partial charge in [0.05, 0.1) is 32.0 Å². The number of nitrogens with one attached hydrogen (secondary N) is 2. The van der Waals surface area contributed by atoms with Crippen molar-refractivity contribution in [3.8, 4) is 6.07 Å². The molecule has 46 heavy (non-hydrogen) atoms. The predicted molar refractivity (Wildman–Crippen MR) is 191 cm³/mol. The van der Waals surface area contributed by atoms with Crippen molar-refractivity contribution in [1.82, 2.24) is 29.1 Å². The minimum atomic E-state index is -1.03. The fourth-order valence-electron chi connectivity index (χ4n) is 6.12. The van der Waals surface area contributed by atoms with Crippen LogP contribution in [0.5, 0.6) is 0 Å². The summed E-state index contributed by atoms with van der Waals surface area (Å²) < 4.78 is 27.0. The molecular weight excluding hydrogens is 722 g/mol. The van der Waals surface area contributed by atoms with E-state index < -0.39 is 14.1 Å². The zero-order valence-electron chi connectivity index (χ0n) is 28.6. The number of hydrogen-bond donors (Lipinski definition) is 2. The van der Waals surface area contributed by atoms with Gasteiger partial charge in [0.25, 0.3) is 14.1 Å². The lowest BCUT2D eigenvalue weighted by Gasteiger charge is -2.47. The number of morpholine rings is 1. The van der Waals surface area contributed by atoms with Crippen LogP contribution in [0.1, 0.15) is 99.1 Å². The predicted octanol–water partition coefficient (Wildman–Crippen LogP) is 6.53. The summed E-state index contributed by atoms with van der Waals surface area (Å²) >= 11 is 1.94. The third-order valence-corrected chi connectivity index (χ3v) is 10.5. The van der Waals surface area contributed by atoms with Gasteiger partial charge in [-0.2, -0.15) is 10.2 Å². The first-order valence-electron chi connectivity index (χ1n) is 16.6. The van der Waals surface area contributed by atoms with Crippen molar-refractivity contribution in [1.29, 1.82) is 5.26 Å². The summed E-state index contributed by atoms with van der Waals surface area (Å²) in [6, 6.07) is 3.36. The van der Waals surface area contributed by atoms with Crippen molar-refractivity contribution in [2.75, 3.05) is 45.3 Å². The van der Waals surface area contributed by atoms with Crippen LogP contribution in [0.3, 0.4) is 0 Å². The highest BCUT2D eigenvalue weighted by molar-refractivity contribution is 14.1. The summed E-state index contributed by atoms with van der Waals surface area (Å²) in [5, 5.41) is 11.6. The van der Waals surface area contributed by atoms with Gasteiger partial charge in [-0.15, -0.1) is 0 Å². The first kappa shape index (κ1) is 39.0. The number of ether oxygens (including phenoxy) is 1. The number of halogens is 1. The third kappa shape index (κ3) is 11.1. The smallest absolute Gasteiger partial charge is 0.280 e. The molecule has 0 aromatic carbocycles. The van der Waals surface area contributed by atoms with Crippen LogP contribution < -0.4 is 10.9 Å². The third-order valence-electron chi connectivity index (χ3n) is 8.18. The second-order valence-corrected chi connectivity index (χ2v) is 14.9. The van der Waals surface area contributed by atoms with E-state index in [1.54, 1.807) is 13.4 Å². The molecule has 2 aromatic heterocycles. The highest BCUT2D eigenvalue weighted by atomic mass is 127. The molecule has 1 saturated carbocycles. The van der Waals surface area contributed by atoms with Crippen molar-refractivity contribution in [3.05, 3.63) is 16.7 Å². The van der Waals surface area contributed by atoms with Crippen LogP contribution in [0, 0.1) is 11.3 Å². The van der Waals surface area contributed by atoms with Gasteiger partial charge < -0.3 is 22.2 Å². The summed E-state index contributed by atoms with van der Waals surface area (Å²) in [4.78, 5) is 27.0. The van der Waals surface area contributed by atoms with E-state index in [1.807, 2.05) is 27.6 Å². The van der Waals surface area contributed by atoms with Gasteiger partial charge in [0.2, 0.25) is 5.95 Å². The molecule has 260 valence electrons. The molecule has 0 bridgehead atoms. The molecule has 15 heteroatoms. The van der Waals surface area contributed by atoms with E-state index in [4.69, 9.17) is 22.1 Å². The Morgan fingerprint density at radius 2 is 2.00 bits per heavy atom. The number of unbranched alkanes of at least 4 members (excludes halogenated alkanes) is 1. The molecule has 1 aliphatic heterocycles. The maximum absolute atomic E-state index is 12.6. The average molecular weight is 777 g/mol. The molecule has 1 aliphatic carbocycles. The number of aromatic nitrogens is 4. The largest absolute Gasteiger partial charge is 0.356 e. The molecule has 0 spiro atoms. The zero-order chi connectivity index (χ0) is 33.7. The van der Waals surface area contributed by atoms with E-state index in [1.165, 1.54) is 32.1 Å². The lowest BCUT2D eigenvalue weighted by Crippen LogP contribution is -2.57. The van der Waals surface area contributed by atoms with Crippen LogP contribution in [0.25, 0.3) is 11.2 Å². The van der Waals surface area contributed by atoms with E-state index in [-0.39, 0.29) is 11.8 Å². The molecule has 2 aliphatic rings. The van der Waals surface area contributed by atoms with Crippen LogP contribution in [0.2, 0.25) is 0 Å². The Hall–Kier alpha value is -1.44. The van der Waals surface area contributed by atoms with Gasteiger partial charge in [0, 0.05) is 44.9 Å². The number of nitrogens with zero attached hydrogens (tertiary/aromatic N) is 6. The van der Waals surface area contributed by atoms with Gasteiger partial charge in [0.1, 0.15) is 34.8 Å². The standard InChI is InChI=1S/C21H33IN6O3.C10H21N2O2P/c1-3-4-10-23-20-25-18-17(19(29)26-20)24-14-28(18)16-11-27(15-8-6-5-7-9-15)12-21(2,31-16)13-30-22;1-9(2)12(10(3)4)15(13-5)14-8-6-7-11/h14-16H,3-13H2,1-2H3,(H2,23,25,26,29);9-10H,6,8H2,1-5H3. The van der Waals surface area contributed by atoms with E-state index in [2.05, 4.69) is 77.5 Å². The number of imidazole rings is 1. The van der Waals surface area contributed by atoms with Crippen LogP contribution in [0.4, 0.5) is 5.95 Å². The number of aromatic amines is 1. The molecule has 2 aromatic rings. The zero-order valence-corrected chi connectivity index (χ0v) is 31.7. The maximum atomic E-state index is 12.6. The highest BCUT2D eigenvalue weighted by Gasteiger charge is 2.41. The number of rotatable bonds is 15. The van der Waals surface area contributed by atoms with Gasteiger partial charge in [-0.1, -0.05) is 32.6 Å². The summed E-state index contributed by atoms with van der Waals surface area (Å²) in [5.74, 6) is 0.478. The second-order valence-electron chi connectivity index (χ2n) is 12.7. The van der Waals surface area contributed by atoms with Gasteiger partial charge in [-0.25, -0.2) is 9.65 Å². The van der Waals surface area contributed by atoms with Crippen molar-refractivity contribution in [3.63, 3.8) is 0 Å². The van der Waals surface area contributed by atoms with E-state index >= 15 is 0 Å². The Morgan fingerprint density at radius 1 is 1.28 bits per heavy atom. The van der Waals surface area contributed by atoms with E-state index in [0.29, 0.717) is 54.9 Å². The Balaban J connectivity index is 0.000000326. The molecule has 3 unspecified atom stereocenters. The lowest BCUT2D eigenvalue weighted by molar-refractivity contribution is -0.191. The fourth-order valence-corrected chi connectivity index (χ4v) is 8.21. The minimum Gasteiger partial charge on any atom is -0.356 e. The Morgan fingerprint density at radius 3 is 2.61 bits per heavy atom. The maximum Gasteiger partial charge on any atom is 0.280 e. The highest BCUT2D eigenvalue weighted by Crippen LogP contribution is 2.45. The number of H-pyrrole nitrogens is 1. The first-order chi connectivity index (χ1) is 22.1. The Labute approximate surface area is 289 Å². The van der Waals surface area contributed by atoms with Crippen molar-refractivity contribution >= 4 is 48.6 Å². The van der Waals surface area contributed by atoms with Crippen molar-refractivity contribution < 1.29 is 16.9 Å². The minimum absolute atomic E-state index is 0.235. The van der Waals surface area contributed by atoms with Crippen LogP contribution >= 0.6 is 31.5 Å². The molecule has 1 saturated heterocycles. The van der Waals surface area contributed by atoms with Crippen molar-refractivity contribution in [2.45, 2.75) is 123 Å². The first-order valence-corrected chi connectivity index (χ1v) is 18.6. The van der Waals surface area contributed by atoms with Gasteiger partial charge in [-0.05, 0) is 53.9 Å². The van der Waals surface area contributed by atoms with E-state index in [9.17, 15) is 4.79 Å². The normalized spacial score (nSPS) is 21.8. The molecule has 3 heterocycles. The molecule has 2 fully saturated rings. The van der Waals surface area contributed by atoms with Crippen LogP contribution in [-0.4, -0.2) is 92.8 Å². The Bertz CT molecular complexity index is 1280. The molecule has 2 N–H and O–H groups in total. The Kier molecular flexibility index (Phi) is 16.6. The molecule has 0 amide bonds. The topological polar surface area (TPSA) is 143 Å². The average Bonchev–Trinajstić information content (AvgIpc) is 3.45. The summed E-state index contributed by atoms with van der Waals surface area (Å²) in [6.07, 6.45) is 10.2. The lowest BCUT2D eigenvalue weighted by atomic mass is 9.92. The fraction of sp³-hybridized carbons (Fsp3) is 0.806.